The van der Waals surface area contributed by atoms with E-state index in [1.807, 2.05) is 0 Å². The molecule has 1 aromatic carbocycles. The van der Waals surface area contributed by atoms with Crippen LogP contribution in [0.1, 0.15) is 12.5 Å². The highest BCUT2D eigenvalue weighted by Gasteiger charge is 2.33. The Morgan fingerprint density at radius 3 is 2.95 bits per heavy atom. The second-order valence-electron chi connectivity index (χ2n) is 4.87. The minimum absolute atomic E-state index is 0.0351. The Labute approximate surface area is 123 Å². The Morgan fingerprint density at radius 2 is 2.24 bits per heavy atom. The summed E-state index contributed by atoms with van der Waals surface area (Å²) in [6.45, 7) is 0.882. The van der Waals surface area contributed by atoms with E-state index in [0.29, 0.717) is 18.8 Å². The largest absolute Gasteiger partial charge is 0.497 e. The smallest absolute Gasteiger partial charge is 0.243 e. The van der Waals surface area contributed by atoms with Crippen molar-refractivity contribution in [3.8, 4) is 5.75 Å². The van der Waals surface area contributed by atoms with Crippen molar-refractivity contribution in [3.63, 3.8) is 0 Å². The molecule has 7 nitrogen and oxygen atoms in total. The van der Waals surface area contributed by atoms with Crippen molar-refractivity contribution in [1.29, 1.82) is 0 Å². The van der Waals surface area contributed by atoms with Gasteiger partial charge in [0, 0.05) is 25.4 Å². The first-order chi connectivity index (χ1) is 10.1. The topological polar surface area (TPSA) is 77.3 Å². The van der Waals surface area contributed by atoms with Crippen LogP contribution in [0.15, 0.2) is 41.6 Å². The Morgan fingerprint density at radius 1 is 1.38 bits per heavy atom. The van der Waals surface area contributed by atoms with Gasteiger partial charge in [-0.25, -0.2) is 13.1 Å². The van der Waals surface area contributed by atoms with Crippen molar-refractivity contribution in [2.24, 2.45) is 0 Å². The molecule has 0 bridgehead atoms. The van der Waals surface area contributed by atoms with E-state index in [1.165, 1.54) is 17.5 Å². The standard InChI is InChI=1S/C13H16N4O3S/c1-20-12-3-2-4-13(9-12)21(18,19)16-7-5-11(10-16)17-8-6-14-15-17/h2-4,6,8-9,11H,5,7,10H2,1H3. The highest BCUT2D eigenvalue weighted by Crippen LogP contribution is 2.28. The van der Waals surface area contributed by atoms with E-state index < -0.39 is 10.0 Å². The van der Waals surface area contributed by atoms with Crippen LogP contribution >= 0.6 is 0 Å². The van der Waals surface area contributed by atoms with Gasteiger partial charge in [-0.15, -0.1) is 5.10 Å². The molecule has 0 amide bonds. The zero-order valence-corrected chi connectivity index (χ0v) is 12.4. The first-order valence-electron chi connectivity index (χ1n) is 6.61. The average Bonchev–Trinajstić information content (AvgIpc) is 3.18. The van der Waals surface area contributed by atoms with E-state index in [4.69, 9.17) is 4.74 Å². The van der Waals surface area contributed by atoms with Gasteiger partial charge in [-0.2, -0.15) is 4.31 Å². The third kappa shape index (κ3) is 2.64. The SMILES string of the molecule is COc1cccc(S(=O)(=O)N2CCC(n3ccnn3)C2)c1. The second kappa shape index (κ2) is 5.45. The van der Waals surface area contributed by atoms with Crippen LogP contribution in [0.25, 0.3) is 0 Å². The van der Waals surface area contributed by atoms with Crippen LogP contribution in [0.4, 0.5) is 0 Å². The van der Waals surface area contributed by atoms with Gasteiger partial charge in [-0.05, 0) is 18.6 Å². The summed E-state index contributed by atoms with van der Waals surface area (Å²) in [5, 5.41) is 7.70. The molecule has 21 heavy (non-hydrogen) atoms. The lowest BCUT2D eigenvalue weighted by atomic mass is 10.3. The molecule has 8 heteroatoms. The molecule has 1 saturated heterocycles. The number of hydrogen-bond acceptors (Lipinski definition) is 5. The van der Waals surface area contributed by atoms with E-state index in [0.717, 1.165) is 6.42 Å². The molecule has 0 aliphatic carbocycles. The molecule has 1 atom stereocenters. The molecule has 1 fully saturated rings. The lowest BCUT2D eigenvalue weighted by molar-refractivity contribution is 0.411. The third-order valence-electron chi connectivity index (χ3n) is 3.62. The summed E-state index contributed by atoms with van der Waals surface area (Å²) in [5.74, 6) is 0.531. The molecule has 0 spiro atoms. The molecule has 2 aromatic rings. The summed E-state index contributed by atoms with van der Waals surface area (Å²) in [6.07, 6.45) is 4.08. The van der Waals surface area contributed by atoms with Gasteiger partial charge < -0.3 is 4.74 Å². The zero-order chi connectivity index (χ0) is 14.9. The summed E-state index contributed by atoms with van der Waals surface area (Å²) in [7, 11) is -1.99. The number of aromatic nitrogens is 3. The van der Waals surface area contributed by atoms with Gasteiger partial charge in [-0.3, -0.25) is 0 Å². The first-order valence-corrected chi connectivity index (χ1v) is 8.05. The summed E-state index contributed by atoms with van der Waals surface area (Å²) in [5.41, 5.74) is 0. The Kier molecular flexibility index (Phi) is 3.64. The minimum Gasteiger partial charge on any atom is -0.497 e. The van der Waals surface area contributed by atoms with Crippen molar-refractivity contribution in [3.05, 3.63) is 36.7 Å². The summed E-state index contributed by atoms with van der Waals surface area (Å²) < 4.78 is 33.6. The maximum absolute atomic E-state index is 12.6. The van der Waals surface area contributed by atoms with Crippen molar-refractivity contribution in [2.75, 3.05) is 20.2 Å². The van der Waals surface area contributed by atoms with E-state index >= 15 is 0 Å². The van der Waals surface area contributed by atoms with Gasteiger partial charge in [-0.1, -0.05) is 11.3 Å². The molecular formula is C13H16N4O3S. The molecule has 112 valence electrons. The highest BCUT2D eigenvalue weighted by atomic mass is 32.2. The van der Waals surface area contributed by atoms with Gasteiger partial charge in [0.15, 0.2) is 0 Å². The Bertz CT molecular complexity index is 715. The molecule has 2 heterocycles. The fourth-order valence-electron chi connectivity index (χ4n) is 2.47. The summed E-state index contributed by atoms with van der Waals surface area (Å²) in [6, 6.07) is 6.56. The molecule has 0 N–H and O–H groups in total. The fourth-order valence-corrected chi connectivity index (χ4v) is 4.00. The van der Waals surface area contributed by atoms with Crippen molar-refractivity contribution < 1.29 is 13.2 Å². The number of benzene rings is 1. The third-order valence-corrected chi connectivity index (χ3v) is 5.48. The summed E-state index contributed by atoms with van der Waals surface area (Å²) in [4.78, 5) is 0.251. The maximum Gasteiger partial charge on any atom is 0.243 e. The Hall–Kier alpha value is -1.93. The Balaban J connectivity index is 1.83. The van der Waals surface area contributed by atoms with Crippen molar-refractivity contribution in [1.82, 2.24) is 19.3 Å². The predicted octanol–water partition coefficient (Wildman–Crippen LogP) is 0.922. The molecule has 3 rings (SSSR count). The molecule has 1 aliphatic heterocycles. The molecule has 1 aromatic heterocycles. The molecule has 1 aliphatic rings. The number of rotatable bonds is 4. The number of ether oxygens (including phenoxy) is 1. The van der Waals surface area contributed by atoms with Crippen molar-refractivity contribution >= 4 is 10.0 Å². The molecule has 0 saturated carbocycles. The quantitative estimate of drug-likeness (QED) is 0.839. The summed E-state index contributed by atoms with van der Waals surface area (Å²) >= 11 is 0. The van der Waals surface area contributed by atoms with Crippen LogP contribution in [-0.2, 0) is 10.0 Å². The fraction of sp³-hybridized carbons (Fsp3) is 0.385. The highest BCUT2D eigenvalue weighted by molar-refractivity contribution is 7.89. The monoisotopic (exact) mass is 308 g/mol. The number of hydrogen-bond donors (Lipinski definition) is 0. The van der Waals surface area contributed by atoms with E-state index in [-0.39, 0.29) is 10.9 Å². The van der Waals surface area contributed by atoms with Crippen molar-refractivity contribution in [2.45, 2.75) is 17.4 Å². The zero-order valence-electron chi connectivity index (χ0n) is 11.6. The van der Waals surface area contributed by atoms with Crippen LogP contribution in [0, 0.1) is 0 Å². The predicted molar refractivity (Wildman–Crippen MR) is 75.4 cm³/mol. The van der Waals surface area contributed by atoms with Crippen LogP contribution in [0.2, 0.25) is 0 Å². The number of sulfonamides is 1. The van der Waals surface area contributed by atoms with E-state index in [9.17, 15) is 8.42 Å². The van der Waals surface area contributed by atoms with Crippen LogP contribution < -0.4 is 4.74 Å². The minimum atomic E-state index is -3.50. The van der Waals surface area contributed by atoms with E-state index in [1.54, 1.807) is 35.3 Å². The van der Waals surface area contributed by atoms with Crippen LogP contribution in [0.3, 0.4) is 0 Å². The molecular weight excluding hydrogens is 292 g/mol. The average molecular weight is 308 g/mol. The van der Waals surface area contributed by atoms with Crippen LogP contribution in [0.5, 0.6) is 5.75 Å². The molecule has 0 radical (unpaired) electrons. The van der Waals surface area contributed by atoms with Gasteiger partial charge in [0.05, 0.1) is 24.2 Å². The first kappa shape index (κ1) is 14.0. The van der Waals surface area contributed by atoms with Gasteiger partial charge >= 0.3 is 0 Å². The second-order valence-corrected chi connectivity index (χ2v) is 6.81. The molecule has 1 unspecified atom stereocenters. The van der Waals surface area contributed by atoms with Gasteiger partial charge in [0.2, 0.25) is 10.0 Å². The lowest BCUT2D eigenvalue weighted by Gasteiger charge is -2.17. The number of nitrogens with zero attached hydrogens (tertiary/aromatic N) is 4. The van der Waals surface area contributed by atoms with Gasteiger partial charge in [0.1, 0.15) is 5.75 Å². The normalized spacial score (nSPS) is 19.8. The lowest BCUT2D eigenvalue weighted by Crippen LogP contribution is -2.29. The van der Waals surface area contributed by atoms with Crippen LogP contribution in [-0.4, -0.2) is 47.9 Å². The van der Waals surface area contributed by atoms with E-state index in [2.05, 4.69) is 10.3 Å². The number of methoxy groups -OCH3 is 1. The van der Waals surface area contributed by atoms with Gasteiger partial charge in [0.25, 0.3) is 0 Å². The maximum atomic E-state index is 12.6.